The van der Waals surface area contributed by atoms with Gasteiger partial charge in [-0.3, -0.25) is 14.9 Å². The fourth-order valence-electron chi connectivity index (χ4n) is 2.19. The second-order valence-corrected chi connectivity index (χ2v) is 4.84. The Bertz CT molecular complexity index is 475. The molecule has 6 heteroatoms. The van der Waals surface area contributed by atoms with E-state index in [2.05, 4.69) is 0 Å². The number of alkyl halides is 1. The first-order valence-corrected chi connectivity index (χ1v) is 7.19. The van der Waals surface area contributed by atoms with Gasteiger partial charge in [-0.05, 0) is 18.9 Å². The molecule has 0 aliphatic rings. The molecule has 0 N–H and O–H groups in total. The quantitative estimate of drug-likeness (QED) is 0.440. The molecule has 0 fully saturated rings. The number of hydrogen-bond acceptors (Lipinski definition) is 3. The van der Waals surface area contributed by atoms with Crippen molar-refractivity contribution in [1.82, 2.24) is 4.90 Å². The van der Waals surface area contributed by atoms with Gasteiger partial charge in [-0.1, -0.05) is 19.9 Å². The molecule has 0 saturated carbocycles. The van der Waals surface area contributed by atoms with Crippen molar-refractivity contribution in [1.29, 1.82) is 0 Å². The molecule has 5 nitrogen and oxygen atoms in total. The molecule has 0 unspecified atom stereocenters. The highest BCUT2D eigenvalue weighted by Gasteiger charge is 2.23. The van der Waals surface area contributed by atoms with Crippen LogP contribution in [0.1, 0.15) is 37.0 Å². The number of amides is 1. The Morgan fingerprint density at radius 3 is 2.55 bits per heavy atom. The van der Waals surface area contributed by atoms with Crippen LogP contribution in [0.4, 0.5) is 5.69 Å². The average Bonchev–Trinajstić information content (AvgIpc) is 2.47. The summed E-state index contributed by atoms with van der Waals surface area (Å²) in [6, 6.07) is 5.91. The topological polar surface area (TPSA) is 63.5 Å². The molecule has 0 heterocycles. The summed E-state index contributed by atoms with van der Waals surface area (Å²) in [5.41, 5.74) is 0.252. The number of nitro groups is 1. The summed E-state index contributed by atoms with van der Waals surface area (Å²) in [6.07, 6.45) is 1.65. The van der Waals surface area contributed by atoms with E-state index in [-0.39, 0.29) is 17.6 Å². The maximum absolute atomic E-state index is 12.5. The van der Waals surface area contributed by atoms with Gasteiger partial charge in [0.2, 0.25) is 0 Å². The number of halogens is 1. The molecule has 0 aliphatic carbocycles. The summed E-state index contributed by atoms with van der Waals surface area (Å²) in [4.78, 5) is 24.5. The van der Waals surface area contributed by atoms with Gasteiger partial charge >= 0.3 is 0 Å². The maximum atomic E-state index is 12.5. The van der Waals surface area contributed by atoms with Gasteiger partial charge in [-0.25, -0.2) is 0 Å². The standard InChI is InChI=1S/C14H19ClN2O3/c1-3-12(4-2)16(9-8-15)14(18)11-6-5-7-13(10-11)17(19)20/h5-7,10,12H,3-4,8-9H2,1-2H3. The van der Waals surface area contributed by atoms with E-state index in [1.807, 2.05) is 13.8 Å². The molecule has 0 saturated heterocycles. The van der Waals surface area contributed by atoms with Crippen molar-refractivity contribution in [2.45, 2.75) is 32.7 Å². The second kappa shape index (κ2) is 7.85. The van der Waals surface area contributed by atoms with Crippen LogP contribution in [-0.4, -0.2) is 34.2 Å². The molecular weight excluding hydrogens is 280 g/mol. The Hall–Kier alpha value is -1.62. The van der Waals surface area contributed by atoms with Crippen molar-refractivity contribution in [2.24, 2.45) is 0 Å². The summed E-state index contributed by atoms with van der Waals surface area (Å²) >= 11 is 5.77. The third-order valence-electron chi connectivity index (χ3n) is 3.27. The van der Waals surface area contributed by atoms with Crippen molar-refractivity contribution in [2.75, 3.05) is 12.4 Å². The number of hydrogen-bond donors (Lipinski definition) is 0. The minimum Gasteiger partial charge on any atom is -0.334 e. The van der Waals surface area contributed by atoms with Crippen LogP contribution in [0.5, 0.6) is 0 Å². The van der Waals surface area contributed by atoms with Gasteiger partial charge in [0.1, 0.15) is 0 Å². The van der Waals surface area contributed by atoms with Crippen LogP contribution < -0.4 is 0 Å². The van der Waals surface area contributed by atoms with Crippen molar-refractivity contribution in [3.8, 4) is 0 Å². The van der Waals surface area contributed by atoms with E-state index >= 15 is 0 Å². The first kappa shape index (κ1) is 16.4. The predicted octanol–water partition coefficient (Wildman–Crippen LogP) is 3.46. The molecular formula is C14H19ClN2O3. The maximum Gasteiger partial charge on any atom is 0.270 e. The molecule has 1 aromatic rings. The van der Waals surface area contributed by atoms with E-state index in [0.29, 0.717) is 18.0 Å². The highest BCUT2D eigenvalue weighted by atomic mass is 35.5. The van der Waals surface area contributed by atoms with Crippen LogP contribution in [-0.2, 0) is 0 Å². The number of nitro benzene ring substituents is 1. The van der Waals surface area contributed by atoms with Crippen LogP contribution in [0, 0.1) is 10.1 Å². The molecule has 20 heavy (non-hydrogen) atoms. The van der Waals surface area contributed by atoms with E-state index in [4.69, 9.17) is 11.6 Å². The van der Waals surface area contributed by atoms with Gasteiger partial charge < -0.3 is 4.90 Å². The average molecular weight is 299 g/mol. The van der Waals surface area contributed by atoms with Gasteiger partial charge in [-0.2, -0.15) is 0 Å². The zero-order chi connectivity index (χ0) is 15.1. The minimum atomic E-state index is -0.500. The van der Waals surface area contributed by atoms with Crippen LogP contribution in [0.2, 0.25) is 0 Å². The molecule has 1 amide bonds. The molecule has 0 bridgehead atoms. The van der Waals surface area contributed by atoms with Crippen molar-refractivity contribution < 1.29 is 9.72 Å². The smallest absolute Gasteiger partial charge is 0.270 e. The lowest BCUT2D eigenvalue weighted by molar-refractivity contribution is -0.384. The molecule has 0 aliphatic heterocycles. The van der Waals surface area contributed by atoms with Crippen molar-refractivity contribution >= 4 is 23.2 Å². The fourth-order valence-corrected chi connectivity index (χ4v) is 2.37. The third-order valence-corrected chi connectivity index (χ3v) is 3.44. The van der Waals surface area contributed by atoms with E-state index in [9.17, 15) is 14.9 Å². The molecule has 1 rings (SSSR count). The molecule has 0 spiro atoms. The Morgan fingerprint density at radius 1 is 1.40 bits per heavy atom. The van der Waals surface area contributed by atoms with Crippen molar-refractivity contribution in [3.05, 3.63) is 39.9 Å². The number of carbonyl (C=O) groups is 1. The van der Waals surface area contributed by atoms with Crippen LogP contribution >= 0.6 is 11.6 Å². The first-order valence-electron chi connectivity index (χ1n) is 6.66. The van der Waals surface area contributed by atoms with Gasteiger partial charge in [0.25, 0.3) is 11.6 Å². The first-order chi connectivity index (χ1) is 9.54. The van der Waals surface area contributed by atoms with Gasteiger partial charge in [0.15, 0.2) is 0 Å². The summed E-state index contributed by atoms with van der Waals surface area (Å²) in [7, 11) is 0. The lowest BCUT2D eigenvalue weighted by Gasteiger charge is -2.30. The SMILES string of the molecule is CCC(CC)N(CCCl)C(=O)c1cccc([N+](=O)[O-])c1. The zero-order valence-electron chi connectivity index (χ0n) is 11.7. The van der Waals surface area contributed by atoms with Gasteiger partial charge in [-0.15, -0.1) is 11.6 Å². The number of nitrogens with zero attached hydrogens (tertiary/aromatic N) is 2. The Morgan fingerprint density at radius 2 is 2.05 bits per heavy atom. The normalized spacial score (nSPS) is 10.6. The Labute approximate surface area is 123 Å². The van der Waals surface area contributed by atoms with Crippen molar-refractivity contribution in [3.63, 3.8) is 0 Å². The predicted molar refractivity (Wildman–Crippen MR) is 79.2 cm³/mol. The summed E-state index contributed by atoms with van der Waals surface area (Å²) < 4.78 is 0. The third kappa shape index (κ3) is 3.93. The second-order valence-electron chi connectivity index (χ2n) is 4.47. The van der Waals surface area contributed by atoms with Gasteiger partial charge in [0, 0.05) is 36.2 Å². The highest BCUT2D eigenvalue weighted by molar-refractivity contribution is 6.18. The Balaban J connectivity index is 3.05. The summed E-state index contributed by atoms with van der Waals surface area (Å²) in [5, 5.41) is 10.8. The molecule has 0 radical (unpaired) electrons. The van der Waals surface area contributed by atoms with E-state index in [1.54, 1.807) is 11.0 Å². The largest absolute Gasteiger partial charge is 0.334 e. The lowest BCUT2D eigenvalue weighted by atomic mass is 10.1. The fraction of sp³-hybridized carbons (Fsp3) is 0.500. The van der Waals surface area contributed by atoms with E-state index in [1.165, 1.54) is 18.2 Å². The van der Waals surface area contributed by atoms with Crippen LogP contribution in [0.3, 0.4) is 0 Å². The van der Waals surface area contributed by atoms with E-state index < -0.39 is 4.92 Å². The Kier molecular flexibility index (Phi) is 6.45. The van der Waals surface area contributed by atoms with Crippen LogP contribution in [0.25, 0.3) is 0 Å². The number of carbonyl (C=O) groups excluding carboxylic acids is 1. The minimum absolute atomic E-state index is 0.0776. The van der Waals surface area contributed by atoms with Crippen LogP contribution in [0.15, 0.2) is 24.3 Å². The molecule has 0 atom stereocenters. The summed E-state index contributed by atoms with van der Waals surface area (Å²) in [5.74, 6) is 0.139. The lowest BCUT2D eigenvalue weighted by Crippen LogP contribution is -2.41. The number of non-ortho nitro benzene ring substituents is 1. The number of rotatable bonds is 7. The number of benzene rings is 1. The molecule has 1 aromatic carbocycles. The highest BCUT2D eigenvalue weighted by Crippen LogP contribution is 2.18. The monoisotopic (exact) mass is 298 g/mol. The van der Waals surface area contributed by atoms with Gasteiger partial charge in [0.05, 0.1) is 4.92 Å². The van der Waals surface area contributed by atoms with E-state index in [0.717, 1.165) is 12.8 Å². The molecule has 0 aromatic heterocycles. The zero-order valence-corrected chi connectivity index (χ0v) is 12.5. The molecule has 110 valence electrons. The summed E-state index contributed by atoms with van der Waals surface area (Å²) in [6.45, 7) is 4.46.